The molecule has 0 aliphatic carbocycles. The number of aryl methyl sites for hydroxylation is 1. The molecule has 0 spiro atoms. The van der Waals surface area contributed by atoms with Crippen LogP contribution in [0.5, 0.6) is 0 Å². The monoisotopic (exact) mass is 216 g/mol. The molecule has 0 fully saturated rings. The molecule has 0 aliphatic heterocycles. The van der Waals surface area contributed by atoms with Gasteiger partial charge in [0.05, 0.1) is 0 Å². The van der Waals surface area contributed by atoms with Crippen LogP contribution in [0.1, 0.15) is 24.5 Å². The first-order valence-corrected chi connectivity index (χ1v) is 5.32. The molecule has 1 N–H and O–H groups in total. The molecule has 0 saturated carbocycles. The van der Waals surface area contributed by atoms with Crippen molar-refractivity contribution in [3.05, 3.63) is 53.6 Å². The van der Waals surface area contributed by atoms with Gasteiger partial charge in [-0.05, 0) is 36.1 Å². The largest absolute Gasteiger partial charge is 0.478 e. The minimum absolute atomic E-state index is 0.883. The number of hydrogen-bond acceptors (Lipinski definition) is 1. The number of hydrogen-bond donors (Lipinski definition) is 1. The second-order valence-corrected chi connectivity index (χ2v) is 3.55. The number of carbonyl (C=O) groups is 1. The first kappa shape index (κ1) is 12.2. The van der Waals surface area contributed by atoms with Crippen molar-refractivity contribution in [2.45, 2.75) is 20.3 Å². The molecule has 1 rings (SSSR count). The third-order valence-corrected chi connectivity index (χ3v) is 2.29. The molecular weight excluding hydrogens is 200 g/mol. The Morgan fingerprint density at radius 3 is 2.56 bits per heavy atom. The topological polar surface area (TPSA) is 37.3 Å². The fourth-order valence-corrected chi connectivity index (χ4v) is 1.55. The molecule has 0 bridgehead atoms. The van der Waals surface area contributed by atoms with E-state index in [1.807, 2.05) is 44.2 Å². The van der Waals surface area contributed by atoms with E-state index in [1.165, 1.54) is 6.08 Å². The normalized spacial score (nSPS) is 12.0. The molecule has 0 aliphatic rings. The SMILES string of the molecule is CC/C=C(/C=C/C(=O)O)c1ccccc1C. The van der Waals surface area contributed by atoms with E-state index < -0.39 is 5.97 Å². The Kier molecular flexibility index (Phi) is 4.52. The fraction of sp³-hybridized carbons (Fsp3) is 0.214. The standard InChI is InChI=1S/C14H16O2/c1-3-6-12(9-10-14(15)16)13-8-5-4-7-11(13)2/h4-10H,3H2,1-2H3,(H,15,16)/b10-9+,12-6-. The van der Waals surface area contributed by atoms with Crippen LogP contribution in [-0.4, -0.2) is 11.1 Å². The zero-order valence-corrected chi connectivity index (χ0v) is 9.60. The molecule has 0 saturated heterocycles. The van der Waals surface area contributed by atoms with Crippen LogP contribution >= 0.6 is 0 Å². The van der Waals surface area contributed by atoms with E-state index in [0.717, 1.165) is 23.1 Å². The molecular formula is C14H16O2. The zero-order chi connectivity index (χ0) is 12.0. The van der Waals surface area contributed by atoms with Gasteiger partial charge in [0.2, 0.25) is 0 Å². The van der Waals surface area contributed by atoms with Crippen molar-refractivity contribution >= 4 is 11.5 Å². The zero-order valence-electron chi connectivity index (χ0n) is 9.60. The maximum absolute atomic E-state index is 10.5. The first-order chi connectivity index (χ1) is 7.65. The highest BCUT2D eigenvalue weighted by Gasteiger charge is 2.01. The summed E-state index contributed by atoms with van der Waals surface area (Å²) in [6.07, 6.45) is 5.73. The highest BCUT2D eigenvalue weighted by atomic mass is 16.4. The number of rotatable bonds is 4. The van der Waals surface area contributed by atoms with Gasteiger partial charge in [0.15, 0.2) is 0 Å². The van der Waals surface area contributed by atoms with Gasteiger partial charge in [-0.1, -0.05) is 37.3 Å². The summed E-state index contributed by atoms with van der Waals surface area (Å²) in [7, 11) is 0. The van der Waals surface area contributed by atoms with Gasteiger partial charge >= 0.3 is 5.97 Å². The van der Waals surface area contributed by atoms with Crippen LogP contribution < -0.4 is 0 Å². The maximum atomic E-state index is 10.5. The van der Waals surface area contributed by atoms with Crippen LogP contribution in [0.3, 0.4) is 0 Å². The van der Waals surface area contributed by atoms with Gasteiger partial charge in [0.1, 0.15) is 0 Å². The van der Waals surface area contributed by atoms with E-state index in [0.29, 0.717) is 0 Å². The quantitative estimate of drug-likeness (QED) is 0.618. The Balaban J connectivity index is 3.09. The number of carboxylic acid groups (broad SMARTS) is 1. The van der Waals surface area contributed by atoms with Gasteiger partial charge < -0.3 is 5.11 Å². The van der Waals surface area contributed by atoms with Gasteiger partial charge in [0, 0.05) is 6.08 Å². The van der Waals surface area contributed by atoms with Gasteiger partial charge in [-0.2, -0.15) is 0 Å². The summed E-state index contributed by atoms with van der Waals surface area (Å²) in [5, 5.41) is 8.63. The van der Waals surface area contributed by atoms with E-state index in [1.54, 1.807) is 6.08 Å². The van der Waals surface area contributed by atoms with Gasteiger partial charge in [-0.3, -0.25) is 0 Å². The van der Waals surface area contributed by atoms with Crippen LogP contribution in [0.15, 0.2) is 42.5 Å². The minimum atomic E-state index is -0.921. The van der Waals surface area contributed by atoms with Crippen molar-refractivity contribution in [2.75, 3.05) is 0 Å². The van der Waals surface area contributed by atoms with Crippen molar-refractivity contribution < 1.29 is 9.90 Å². The Labute approximate surface area is 95.9 Å². The van der Waals surface area contributed by atoms with Crippen LogP contribution in [0.2, 0.25) is 0 Å². The first-order valence-electron chi connectivity index (χ1n) is 5.32. The van der Waals surface area contributed by atoms with Crippen LogP contribution in [0, 0.1) is 6.92 Å². The molecule has 0 aromatic heterocycles. The van der Waals surface area contributed by atoms with Crippen LogP contribution in [0.4, 0.5) is 0 Å². The number of carboxylic acids is 1. The predicted molar refractivity (Wildman–Crippen MR) is 66.2 cm³/mol. The Bertz CT molecular complexity index is 428. The van der Waals surface area contributed by atoms with Crippen molar-refractivity contribution in [2.24, 2.45) is 0 Å². The number of allylic oxidation sites excluding steroid dienone is 3. The van der Waals surface area contributed by atoms with E-state index in [9.17, 15) is 4.79 Å². The molecule has 2 nitrogen and oxygen atoms in total. The summed E-state index contributed by atoms with van der Waals surface area (Å²) in [5.41, 5.74) is 3.20. The van der Waals surface area contributed by atoms with Gasteiger partial charge in [-0.25, -0.2) is 4.79 Å². The van der Waals surface area contributed by atoms with Crippen molar-refractivity contribution in [1.29, 1.82) is 0 Å². The highest BCUT2D eigenvalue weighted by molar-refractivity contribution is 5.86. The molecule has 1 aromatic carbocycles. The van der Waals surface area contributed by atoms with Crippen molar-refractivity contribution in [3.63, 3.8) is 0 Å². The third-order valence-electron chi connectivity index (χ3n) is 2.29. The Morgan fingerprint density at radius 2 is 2.00 bits per heavy atom. The Morgan fingerprint density at radius 1 is 1.31 bits per heavy atom. The van der Waals surface area contributed by atoms with Crippen LogP contribution in [0.25, 0.3) is 5.57 Å². The summed E-state index contributed by atoms with van der Waals surface area (Å²) in [6.45, 7) is 4.06. The lowest BCUT2D eigenvalue weighted by molar-refractivity contribution is -0.131. The lowest BCUT2D eigenvalue weighted by Crippen LogP contribution is -1.90. The second-order valence-electron chi connectivity index (χ2n) is 3.55. The number of aliphatic carboxylic acids is 1. The summed E-state index contributed by atoms with van der Waals surface area (Å²) in [4.78, 5) is 10.5. The molecule has 0 radical (unpaired) electrons. The molecule has 84 valence electrons. The molecule has 0 heterocycles. The van der Waals surface area contributed by atoms with Crippen molar-refractivity contribution in [3.8, 4) is 0 Å². The number of benzene rings is 1. The average molecular weight is 216 g/mol. The van der Waals surface area contributed by atoms with E-state index in [2.05, 4.69) is 0 Å². The lowest BCUT2D eigenvalue weighted by atomic mass is 9.99. The van der Waals surface area contributed by atoms with E-state index >= 15 is 0 Å². The maximum Gasteiger partial charge on any atom is 0.328 e. The summed E-state index contributed by atoms with van der Waals surface area (Å²) >= 11 is 0. The second kappa shape index (κ2) is 5.91. The smallest absolute Gasteiger partial charge is 0.328 e. The molecule has 0 unspecified atom stereocenters. The molecule has 16 heavy (non-hydrogen) atoms. The fourth-order valence-electron chi connectivity index (χ4n) is 1.55. The van der Waals surface area contributed by atoms with Crippen molar-refractivity contribution in [1.82, 2.24) is 0 Å². The Hall–Kier alpha value is -1.83. The van der Waals surface area contributed by atoms with Gasteiger partial charge in [-0.15, -0.1) is 0 Å². The molecule has 0 amide bonds. The summed E-state index contributed by atoms with van der Waals surface area (Å²) in [6, 6.07) is 7.96. The molecule has 0 atom stereocenters. The van der Waals surface area contributed by atoms with Gasteiger partial charge in [0.25, 0.3) is 0 Å². The van der Waals surface area contributed by atoms with E-state index in [4.69, 9.17) is 5.11 Å². The predicted octanol–water partition coefficient (Wildman–Crippen LogP) is 3.43. The summed E-state index contributed by atoms with van der Waals surface area (Å²) < 4.78 is 0. The minimum Gasteiger partial charge on any atom is -0.478 e. The average Bonchev–Trinajstić information content (AvgIpc) is 2.25. The highest BCUT2D eigenvalue weighted by Crippen LogP contribution is 2.20. The molecule has 1 aromatic rings. The van der Waals surface area contributed by atoms with E-state index in [-0.39, 0.29) is 0 Å². The lowest BCUT2D eigenvalue weighted by Gasteiger charge is -2.06. The third kappa shape index (κ3) is 3.39. The summed E-state index contributed by atoms with van der Waals surface area (Å²) in [5.74, 6) is -0.921. The van der Waals surface area contributed by atoms with Crippen LogP contribution in [-0.2, 0) is 4.79 Å². The molecule has 2 heteroatoms.